The second-order valence-corrected chi connectivity index (χ2v) is 4.07. The van der Waals surface area contributed by atoms with Gasteiger partial charge in [-0.2, -0.15) is 0 Å². The van der Waals surface area contributed by atoms with Crippen molar-refractivity contribution >= 4 is 11.6 Å². The molecule has 0 fully saturated rings. The highest BCUT2D eigenvalue weighted by molar-refractivity contribution is 5.95. The molecule has 1 aromatic carbocycles. The van der Waals surface area contributed by atoms with Crippen molar-refractivity contribution in [3.05, 3.63) is 35.9 Å². The smallest absolute Gasteiger partial charge is 0.251 e. The maximum atomic E-state index is 11.9. The quantitative estimate of drug-likeness (QED) is 0.616. The number of carbonyl (C=O) groups is 1. The minimum atomic E-state index is -0.0898. The zero-order valence-electron chi connectivity index (χ0n) is 9.77. The number of nitrogen functional groups attached to an aromatic ring is 1. The molecule has 0 unspecified atom stereocenters. The van der Waals surface area contributed by atoms with E-state index in [1.54, 1.807) is 25.3 Å². The van der Waals surface area contributed by atoms with Gasteiger partial charge in [-0.3, -0.25) is 4.79 Å². The minimum absolute atomic E-state index is 0.0898. The molecule has 2 rings (SSSR count). The summed E-state index contributed by atoms with van der Waals surface area (Å²) in [6, 6.07) is 5.27. The molecule has 0 aromatic heterocycles. The van der Waals surface area contributed by atoms with Gasteiger partial charge >= 0.3 is 0 Å². The topological polar surface area (TPSA) is 64.3 Å². The molecule has 0 aliphatic heterocycles. The molecule has 0 atom stereocenters. The summed E-state index contributed by atoms with van der Waals surface area (Å²) in [6.45, 7) is 0. The number of anilines is 1. The highest BCUT2D eigenvalue weighted by Crippen LogP contribution is 2.22. The van der Waals surface area contributed by atoms with Crippen LogP contribution < -0.4 is 15.8 Å². The van der Waals surface area contributed by atoms with Gasteiger partial charge in [-0.25, -0.2) is 0 Å². The summed E-state index contributed by atoms with van der Waals surface area (Å²) >= 11 is 0. The van der Waals surface area contributed by atoms with Crippen molar-refractivity contribution in [1.82, 2.24) is 5.32 Å². The highest BCUT2D eigenvalue weighted by Gasteiger charge is 2.15. The van der Waals surface area contributed by atoms with Gasteiger partial charge in [-0.1, -0.05) is 12.2 Å². The minimum Gasteiger partial charge on any atom is -0.495 e. The van der Waals surface area contributed by atoms with Crippen LogP contribution in [0.25, 0.3) is 0 Å². The number of nitrogens with one attached hydrogen (secondary N) is 1. The first-order chi connectivity index (χ1) is 8.20. The molecular weight excluding hydrogens is 216 g/mol. The predicted octanol–water partition coefficient (Wildman–Crippen LogP) is 1.73. The van der Waals surface area contributed by atoms with Crippen molar-refractivity contribution in [3.8, 4) is 5.75 Å². The molecule has 3 N–H and O–H groups in total. The fraction of sp³-hybridized carbons (Fsp3) is 0.308. The molecule has 1 amide bonds. The number of hydrogen-bond donors (Lipinski definition) is 2. The molecule has 0 radical (unpaired) electrons. The van der Waals surface area contributed by atoms with Gasteiger partial charge in [-0.05, 0) is 31.0 Å². The van der Waals surface area contributed by atoms with E-state index in [0.717, 1.165) is 12.8 Å². The molecule has 0 bridgehead atoms. The Hall–Kier alpha value is -1.97. The van der Waals surface area contributed by atoms with Gasteiger partial charge in [0.1, 0.15) is 5.75 Å². The second kappa shape index (κ2) is 4.91. The van der Waals surface area contributed by atoms with Crippen LogP contribution >= 0.6 is 0 Å². The van der Waals surface area contributed by atoms with Gasteiger partial charge in [0.25, 0.3) is 5.91 Å². The lowest BCUT2D eigenvalue weighted by molar-refractivity contribution is 0.0939. The van der Waals surface area contributed by atoms with Crippen molar-refractivity contribution in [2.75, 3.05) is 12.8 Å². The normalized spacial score (nSPS) is 14.9. The highest BCUT2D eigenvalue weighted by atomic mass is 16.5. The number of benzene rings is 1. The summed E-state index contributed by atoms with van der Waals surface area (Å²) in [5.74, 6) is 0.497. The first kappa shape index (κ1) is 11.5. The van der Waals surface area contributed by atoms with Gasteiger partial charge in [-0.15, -0.1) is 0 Å². The zero-order valence-corrected chi connectivity index (χ0v) is 9.77. The summed E-state index contributed by atoms with van der Waals surface area (Å²) in [6.07, 6.45) is 5.95. The van der Waals surface area contributed by atoms with Crippen LogP contribution in [0.5, 0.6) is 5.75 Å². The Morgan fingerprint density at radius 1 is 1.41 bits per heavy atom. The summed E-state index contributed by atoms with van der Waals surface area (Å²) in [5, 5.41) is 2.96. The Labute approximate surface area is 100 Å². The number of amides is 1. The van der Waals surface area contributed by atoms with Crippen LogP contribution in [-0.2, 0) is 0 Å². The standard InChI is InChI=1S/C13H16N2O2/c1-17-12-7-6-9(8-11(12)14)13(16)15-10-4-2-3-5-10/h2-3,6-8,10H,4-5,14H2,1H3,(H,15,16). The van der Waals surface area contributed by atoms with Crippen molar-refractivity contribution in [1.29, 1.82) is 0 Å². The molecule has 17 heavy (non-hydrogen) atoms. The van der Waals surface area contributed by atoms with E-state index < -0.39 is 0 Å². The van der Waals surface area contributed by atoms with Crippen LogP contribution in [0, 0.1) is 0 Å². The molecule has 0 saturated heterocycles. The summed E-state index contributed by atoms with van der Waals surface area (Å²) in [5.41, 5.74) is 6.80. The number of carbonyl (C=O) groups excluding carboxylic acids is 1. The number of hydrogen-bond acceptors (Lipinski definition) is 3. The molecule has 4 nitrogen and oxygen atoms in total. The molecular formula is C13H16N2O2. The molecule has 0 spiro atoms. The van der Waals surface area contributed by atoms with Crippen LogP contribution in [0.3, 0.4) is 0 Å². The Bertz CT molecular complexity index is 447. The number of ether oxygens (including phenoxy) is 1. The maximum absolute atomic E-state index is 11.9. The summed E-state index contributed by atoms with van der Waals surface area (Å²) < 4.78 is 5.05. The van der Waals surface area contributed by atoms with E-state index in [4.69, 9.17) is 10.5 Å². The fourth-order valence-corrected chi connectivity index (χ4v) is 1.88. The first-order valence-corrected chi connectivity index (χ1v) is 5.60. The van der Waals surface area contributed by atoms with Crippen molar-refractivity contribution in [2.24, 2.45) is 0 Å². The van der Waals surface area contributed by atoms with E-state index in [2.05, 4.69) is 17.5 Å². The lowest BCUT2D eigenvalue weighted by Gasteiger charge is -2.13. The lowest BCUT2D eigenvalue weighted by Crippen LogP contribution is -2.32. The van der Waals surface area contributed by atoms with Crippen LogP contribution in [0.15, 0.2) is 30.4 Å². The molecule has 1 aliphatic carbocycles. The SMILES string of the molecule is COc1ccc(C(=O)NC2CC=CC2)cc1N. The predicted molar refractivity (Wildman–Crippen MR) is 67.0 cm³/mol. The largest absolute Gasteiger partial charge is 0.495 e. The van der Waals surface area contributed by atoms with E-state index >= 15 is 0 Å². The molecule has 0 saturated carbocycles. The van der Waals surface area contributed by atoms with E-state index in [1.165, 1.54) is 0 Å². The lowest BCUT2D eigenvalue weighted by atomic mass is 10.1. The van der Waals surface area contributed by atoms with Crippen LogP contribution in [0.2, 0.25) is 0 Å². The Kier molecular flexibility index (Phi) is 3.32. The van der Waals surface area contributed by atoms with Gasteiger partial charge in [0, 0.05) is 11.6 Å². The van der Waals surface area contributed by atoms with E-state index in [1.807, 2.05) is 0 Å². The van der Waals surface area contributed by atoms with Crippen LogP contribution in [-0.4, -0.2) is 19.1 Å². The molecule has 90 valence electrons. The first-order valence-electron chi connectivity index (χ1n) is 5.60. The third kappa shape index (κ3) is 2.58. The van der Waals surface area contributed by atoms with Gasteiger partial charge in [0.2, 0.25) is 0 Å². The Balaban J connectivity index is 2.06. The van der Waals surface area contributed by atoms with Crippen molar-refractivity contribution in [3.63, 3.8) is 0 Å². The van der Waals surface area contributed by atoms with E-state index in [-0.39, 0.29) is 11.9 Å². The monoisotopic (exact) mass is 232 g/mol. The number of nitrogens with two attached hydrogens (primary N) is 1. The average molecular weight is 232 g/mol. The molecule has 0 heterocycles. The third-order valence-corrected chi connectivity index (χ3v) is 2.83. The van der Waals surface area contributed by atoms with Crippen LogP contribution in [0.4, 0.5) is 5.69 Å². The number of rotatable bonds is 3. The Morgan fingerprint density at radius 2 is 2.12 bits per heavy atom. The summed E-state index contributed by atoms with van der Waals surface area (Å²) in [7, 11) is 1.55. The molecule has 1 aromatic rings. The maximum Gasteiger partial charge on any atom is 0.251 e. The number of methoxy groups -OCH3 is 1. The molecule has 4 heteroatoms. The molecule has 1 aliphatic rings. The zero-order chi connectivity index (χ0) is 12.3. The average Bonchev–Trinajstić information content (AvgIpc) is 2.81. The van der Waals surface area contributed by atoms with Crippen molar-refractivity contribution < 1.29 is 9.53 Å². The fourth-order valence-electron chi connectivity index (χ4n) is 1.88. The van der Waals surface area contributed by atoms with Crippen molar-refractivity contribution in [2.45, 2.75) is 18.9 Å². The van der Waals surface area contributed by atoms with Gasteiger partial charge < -0.3 is 15.8 Å². The van der Waals surface area contributed by atoms with Gasteiger partial charge in [0.05, 0.1) is 12.8 Å². The van der Waals surface area contributed by atoms with E-state index in [9.17, 15) is 4.79 Å². The third-order valence-electron chi connectivity index (χ3n) is 2.83. The van der Waals surface area contributed by atoms with Gasteiger partial charge in [0.15, 0.2) is 0 Å². The summed E-state index contributed by atoms with van der Waals surface area (Å²) in [4.78, 5) is 11.9. The second-order valence-electron chi connectivity index (χ2n) is 4.07. The van der Waals surface area contributed by atoms with E-state index in [0.29, 0.717) is 17.0 Å². The van der Waals surface area contributed by atoms with Crippen LogP contribution in [0.1, 0.15) is 23.2 Å². The Morgan fingerprint density at radius 3 is 2.71 bits per heavy atom.